The monoisotopic (exact) mass is 381 g/mol. The smallest absolute Gasteiger partial charge is 0.0975 e. The number of nitrogens with zero attached hydrogens (tertiary/aromatic N) is 1. The third-order valence-corrected chi connectivity index (χ3v) is 6.88. The van der Waals surface area contributed by atoms with E-state index >= 15 is 0 Å². The molecule has 1 aliphatic heterocycles. The van der Waals surface area contributed by atoms with Gasteiger partial charge in [-0.05, 0) is 40.1 Å². The number of rotatable bonds is 4. The maximum Gasteiger partial charge on any atom is 0.0975 e. The van der Waals surface area contributed by atoms with Crippen molar-refractivity contribution in [3.63, 3.8) is 0 Å². The van der Waals surface area contributed by atoms with E-state index in [-0.39, 0.29) is 5.54 Å². The first kappa shape index (κ1) is 17.4. The van der Waals surface area contributed by atoms with Crippen LogP contribution >= 0.6 is 11.3 Å². The fraction of sp³-hybridized carbons (Fsp3) is 0.154. The van der Waals surface area contributed by atoms with Gasteiger partial charge in [-0.25, -0.2) is 0 Å². The molecule has 0 bridgehead atoms. The molecule has 0 saturated carbocycles. The van der Waals surface area contributed by atoms with Crippen LogP contribution in [0, 0.1) is 0 Å². The Labute approximate surface area is 170 Å². The number of benzene rings is 3. The van der Waals surface area contributed by atoms with Crippen molar-refractivity contribution in [3.05, 3.63) is 130 Å². The lowest BCUT2D eigenvalue weighted by molar-refractivity contribution is 0.140. The highest BCUT2D eigenvalue weighted by Gasteiger charge is 2.43. The van der Waals surface area contributed by atoms with Crippen LogP contribution in [0.25, 0.3) is 0 Å². The summed E-state index contributed by atoms with van der Waals surface area (Å²) in [6, 6.07) is 35.3. The topological polar surface area (TPSA) is 3.24 Å². The van der Waals surface area contributed by atoms with Gasteiger partial charge in [0.2, 0.25) is 0 Å². The van der Waals surface area contributed by atoms with Crippen LogP contribution in [0.5, 0.6) is 0 Å². The van der Waals surface area contributed by atoms with Crippen LogP contribution < -0.4 is 0 Å². The standard InChI is InChI=1S/C26H23NS/c1-4-10-22(11-5-1)26(23-12-6-2-7-13-23,24-14-8-3-9-15-24)27-18-16-25-21(20-27)17-19-28-25/h1-15,17,19H,16,18,20H2. The van der Waals surface area contributed by atoms with E-state index in [1.165, 1.54) is 22.3 Å². The van der Waals surface area contributed by atoms with Crippen LogP contribution in [0.2, 0.25) is 0 Å². The molecule has 0 fully saturated rings. The van der Waals surface area contributed by atoms with Gasteiger partial charge in [0.05, 0.1) is 5.54 Å². The van der Waals surface area contributed by atoms with Crippen molar-refractivity contribution in [2.75, 3.05) is 6.54 Å². The molecule has 2 heterocycles. The highest BCUT2D eigenvalue weighted by molar-refractivity contribution is 7.10. The van der Waals surface area contributed by atoms with Crippen molar-refractivity contribution < 1.29 is 0 Å². The fourth-order valence-corrected chi connectivity index (χ4v) is 5.51. The molecule has 1 aromatic heterocycles. The molecular weight excluding hydrogens is 358 g/mol. The van der Waals surface area contributed by atoms with Crippen molar-refractivity contribution in [2.24, 2.45) is 0 Å². The fourth-order valence-electron chi connectivity index (χ4n) is 4.62. The Morgan fingerprint density at radius 3 is 1.64 bits per heavy atom. The third-order valence-electron chi connectivity index (χ3n) is 5.86. The zero-order chi connectivity index (χ0) is 18.8. The van der Waals surface area contributed by atoms with Gasteiger partial charge in [0.15, 0.2) is 0 Å². The van der Waals surface area contributed by atoms with Gasteiger partial charge >= 0.3 is 0 Å². The molecule has 0 amide bonds. The summed E-state index contributed by atoms with van der Waals surface area (Å²) in [6.45, 7) is 2.02. The van der Waals surface area contributed by atoms with Gasteiger partial charge in [-0.1, -0.05) is 91.0 Å². The summed E-state index contributed by atoms with van der Waals surface area (Å²) in [5.41, 5.74) is 5.15. The van der Waals surface area contributed by atoms with Crippen molar-refractivity contribution in [3.8, 4) is 0 Å². The summed E-state index contributed by atoms with van der Waals surface area (Å²) in [7, 11) is 0. The van der Waals surface area contributed by atoms with Crippen LogP contribution in [0.1, 0.15) is 27.1 Å². The van der Waals surface area contributed by atoms with Gasteiger partial charge in [-0.2, -0.15) is 0 Å². The minimum absolute atomic E-state index is 0.302. The molecule has 0 saturated heterocycles. The Kier molecular flexibility index (Phi) is 4.59. The first-order valence-corrected chi connectivity index (χ1v) is 10.7. The molecule has 4 aromatic rings. The molecule has 0 unspecified atom stereocenters. The van der Waals surface area contributed by atoms with Crippen LogP contribution in [0.15, 0.2) is 102 Å². The van der Waals surface area contributed by atoms with Crippen molar-refractivity contribution >= 4 is 11.3 Å². The van der Waals surface area contributed by atoms with Gasteiger partial charge < -0.3 is 0 Å². The summed E-state index contributed by atoms with van der Waals surface area (Å²) in [6.07, 6.45) is 1.11. The molecule has 0 radical (unpaired) electrons. The van der Waals surface area contributed by atoms with Gasteiger partial charge in [0.25, 0.3) is 0 Å². The molecule has 0 N–H and O–H groups in total. The maximum absolute atomic E-state index is 2.67. The van der Waals surface area contributed by atoms with E-state index in [9.17, 15) is 0 Å². The van der Waals surface area contributed by atoms with Crippen LogP contribution in [0.4, 0.5) is 0 Å². The second-order valence-corrected chi connectivity index (χ2v) is 8.35. The lowest BCUT2D eigenvalue weighted by Gasteiger charge is -2.47. The van der Waals surface area contributed by atoms with E-state index < -0.39 is 0 Å². The Hall–Kier alpha value is -2.68. The van der Waals surface area contributed by atoms with Crippen molar-refractivity contribution in [1.29, 1.82) is 0 Å². The molecular formula is C26H23NS. The van der Waals surface area contributed by atoms with E-state index in [1.807, 2.05) is 11.3 Å². The predicted molar refractivity (Wildman–Crippen MR) is 118 cm³/mol. The average Bonchev–Trinajstić information content (AvgIpc) is 3.25. The summed E-state index contributed by atoms with van der Waals surface area (Å²) < 4.78 is 0. The van der Waals surface area contributed by atoms with Crippen molar-refractivity contribution in [1.82, 2.24) is 4.90 Å². The first-order valence-electron chi connectivity index (χ1n) is 9.86. The van der Waals surface area contributed by atoms with E-state index in [4.69, 9.17) is 0 Å². The summed E-state index contributed by atoms with van der Waals surface area (Å²) in [5.74, 6) is 0. The zero-order valence-corrected chi connectivity index (χ0v) is 16.6. The second kappa shape index (κ2) is 7.38. The Morgan fingerprint density at radius 1 is 0.643 bits per heavy atom. The molecule has 5 rings (SSSR count). The van der Waals surface area contributed by atoms with Gasteiger partial charge in [-0.15, -0.1) is 11.3 Å². The molecule has 2 heteroatoms. The molecule has 1 aliphatic rings. The average molecular weight is 382 g/mol. The quantitative estimate of drug-likeness (QED) is 0.386. The van der Waals surface area contributed by atoms with Crippen molar-refractivity contribution in [2.45, 2.75) is 18.5 Å². The number of hydrogen-bond acceptors (Lipinski definition) is 2. The Morgan fingerprint density at radius 2 is 1.14 bits per heavy atom. The zero-order valence-electron chi connectivity index (χ0n) is 15.8. The Bertz CT molecular complexity index is 941. The van der Waals surface area contributed by atoms with Crippen LogP contribution in [0.3, 0.4) is 0 Å². The highest BCUT2D eigenvalue weighted by atomic mass is 32.1. The van der Waals surface area contributed by atoms with Gasteiger partial charge in [-0.3, -0.25) is 4.90 Å². The molecule has 1 nitrogen and oxygen atoms in total. The summed E-state index contributed by atoms with van der Waals surface area (Å²) in [4.78, 5) is 4.21. The lowest BCUT2D eigenvalue weighted by atomic mass is 9.74. The normalized spacial score (nSPS) is 14.6. The third kappa shape index (κ3) is 2.81. The highest BCUT2D eigenvalue weighted by Crippen LogP contribution is 2.44. The molecule has 3 aromatic carbocycles. The summed E-state index contributed by atoms with van der Waals surface area (Å²) in [5, 5.41) is 2.24. The van der Waals surface area contributed by atoms with Crippen LogP contribution in [-0.2, 0) is 18.5 Å². The second-order valence-electron chi connectivity index (χ2n) is 7.35. The van der Waals surface area contributed by atoms with E-state index in [0.717, 1.165) is 19.5 Å². The molecule has 28 heavy (non-hydrogen) atoms. The van der Waals surface area contributed by atoms with Gasteiger partial charge in [0, 0.05) is 18.0 Å². The molecule has 0 spiro atoms. The SMILES string of the molecule is c1ccc(C(c2ccccc2)(c2ccccc2)N2CCc3sccc3C2)cc1. The maximum atomic E-state index is 2.67. The minimum atomic E-state index is -0.302. The predicted octanol–water partition coefficient (Wildman–Crippen LogP) is 6.10. The van der Waals surface area contributed by atoms with Crippen LogP contribution in [-0.4, -0.2) is 11.4 Å². The van der Waals surface area contributed by atoms with E-state index in [2.05, 4.69) is 107 Å². The minimum Gasteiger partial charge on any atom is -0.281 e. The summed E-state index contributed by atoms with van der Waals surface area (Å²) >= 11 is 1.90. The van der Waals surface area contributed by atoms with E-state index in [1.54, 1.807) is 4.88 Å². The molecule has 0 atom stereocenters. The molecule has 138 valence electrons. The largest absolute Gasteiger partial charge is 0.281 e. The number of hydrogen-bond donors (Lipinski definition) is 0. The number of thiophene rings is 1. The Balaban J connectivity index is 1.78. The van der Waals surface area contributed by atoms with E-state index in [0.29, 0.717) is 0 Å². The first-order chi connectivity index (χ1) is 13.9. The number of fused-ring (bicyclic) bond motifs is 1. The molecule has 0 aliphatic carbocycles. The van der Waals surface area contributed by atoms with Gasteiger partial charge in [0.1, 0.15) is 0 Å². The lowest BCUT2D eigenvalue weighted by Crippen LogP contribution is -2.49.